The zero-order valence-electron chi connectivity index (χ0n) is 11.2. The molecule has 19 heavy (non-hydrogen) atoms. The normalized spacial score (nSPS) is 10.3. The Hall–Kier alpha value is -1.99. The number of nitrogens with zero attached hydrogens (tertiary/aromatic N) is 3. The maximum atomic E-state index is 9.12. The van der Waals surface area contributed by atoms with Crippen LogP contribution in [-0.2, 0) is 13.6 Å². The number of nitriles is 1. The molecule has 0 aliphatic carbocycles. The molecule has 0 aliphatic rings. The number of anilines is 1. The number of halogens is 1. The van der Waals surface area contributed by atoms with Gasteiger partial charge in [0.15, 0.2) is 0 Å². The Morgan fingerprint density at radius 3 is 2.74 bits per heavy atom. The van der Waals surface area contributed by atoms with E-state index in [2.05, 4.69) is 16.5 Å². The molecule has 0 atom stereocenters. The fraction of sp³-hybridized carbons (Fsp3) is 0.286. The van der Waals surface area contributed by atoms with Crippen molar-refractivity contribution in [1.29, 1.82) is 5.26 Å². The number of nitrogens with one attached hydrogen (secondary N) is 1. The third kappa shape index (κ3) is 2.56. The van der Waals surface area contributed by atoms with E-state index >= 15 is 0 Å². The van der Waals surface area contributed by atoms with Gasteiger partial charge in [0.1, 0.15) is 6.07 Å². The standard InChI is InChI=1S/C14H15ClN4/c1-9-12(10(2)19(3)18-9)8-17-14-6-4-5-13(15)11(14)7-16/h4-6,17H,8H2,1-3H3. The van der Waals surface area contributed by atoms with Crippen LogP contribution < -0.4 is 5.32 Å². The van der Waals surface area contributed by atoms with Gasteiger partial charge in [-0.2, -0.15) is 10.4 Å². The molecule has 1 heterocycles. The molecule has 0 unspecified atom stereocenters. The van der Waals surface area contributed by atoms with Crippen LogP contribution in [-0.4, -0.2) is 9.78 Å². The molecule has 0 spiro atoms. The van der Waals surface area contributed by atoms with Crippen molar-refractivity contribution in [2.45, 2.75) is 20.4 Å². The molecule has 0 bridgehead atoms. The minimum absolute atomic E-state index is 0.465. The number of aryl methyl sites for hydroxylation is 2. The second kappa shape index (κ2) is 5.33. The van der Waals surface area contributed by atoms with Crippen LogP contribution in [0.4, 0.5) is 5.69 Å². The van der Waals surface area contributed by atoms with Crippen LogP contribution in [0.25, 0.3) is 0 Å². The zero-order valence-corrected chi connectivity index (χ0v) is 11.9. The van der Waals surface area contributed by atoms with E-state index in [-0.39, 0.29) is 0 Å². The van der Waals surface area contributed by atoms with Gasteiger partial charge in [-0.3, -0.25) is 4.68 Å². The summed E-state index contributed by atoms with van der Waals surface area (Å²) in [6.07, 6.45) is 0. The lowest BCUT2D eigenvalue weighted by atomic mass is 10.1. The van der Waals surface area contributed by atoms with Crippen molar-refractivity contribution < 1.29 is 0 Å². The van der Waals surface area contributed by atoms with Gasteiger partial charge in [-0.05, 0) is 26.0 Å². The molecule has 0 fully saturated rings. The molecule has 2 rings (SSSR count). The summed E-state index contributed by atoms with van der Waals surface area (Å²) in [5.41, 5.74) is 4.48. The quantitative estimate of drug-likeness (QED) is 0.935. The van der Waals surface area contributed by atoms with Gasteiger partial charge in [-0.25, -0.2) is 0 Å². The van der Waals surface area contributed by atoms with E-state index in [4.69, 9.17) is 16.9 Å². The van der Waals surface area contributed by atoms with Crippen molar-refractivity contribution >= 4 is 17.3 Å². The third-order valence-corrected chi connectivity index (χ3v) is 3.55. The van der Waals surface area contributed by atoms with E-state index in [0.717, 1.165) is 22.6 Å². The highest BCUT2D eigenvalue weighted by molar-refractivity contribution is 6.32. The first-order valence-electron chi connectivity index (χ1n) is 5.96. The lowest BCUT2D eigenvalue weighted by Gasteiger charge is -2.09. The molecule has 98 valence electrons. The number of aromatic nitrogens is 2. The Morgan fingerprint density at radius 1 is 1.42 bits per heavy atom. The van der Waals surface area contributed by atoms with E-state index in [1.807, 2.05) is 37.7 Å². The van der Waals surface area contributed by atoms with Crippen molar-refractivity contribution in [3.8, 4) is 6.07 Å². The predicted molar refractivity (Wildman–Crippen MR) is 76.2 cm³/mol. The monoisotopic (exact) mass is 274 g/mol. The zero-order chi connectivity index (χ0) is 14.0. The lowest BCUT2D eigenvalue weighted by Crippen LogP contribution is -2.04. The minimum Gasteiger partial charge on any atom is -0.380 e. The van der Waals surface area contributed by atoms with E-state index < -0.39 is 0 Å². The summed E-state index contributed by atoms with van der Waals surface area (Å²) in [6, 6.07) is 7.51. The lowest BCUT2D eigenvalue weighted by molar-refractivity contribution is 0.730. The van der Waals surface area contributed by atoms with Crippen molar-refractivity contribution in [2.24, 2.45) is 7.05 Å². The summed E-state index contributed by atoms with van der Waals surface area (Å²) >= 11 is 6.00. The largest absolute Gasteiger partial charge is 0.380 e. The first-order valence-corrected chi connectivity index (χ1v) is 6.34. The van der Waals surface area contributed by atoms with Gasteiger partial charge < -0.3 is 5.32 Å². The summed E-state index contributed by atoms with van der Waals surface area (Å²) < 4.78 is 1.86. The van der Waals surface area contributed by atoms with E-state index in [1.165, 1.54) is 0 Å². The molecular weight excluding hydrogens is 260 g/mol. The van der Waals surface area contributed by atoms with Crippen LogP contribution in [0.3, 0.4) is 0 Å². The molecule has 0 saturated heterocycles. The topological polar surface area (TPSA) is 53.6 Å². The van der Waals surface area contributed by atoms with Crippen molar-refractivity contribution in [1.82, 2.24) is 9.78 Å². The van der Waals surface area contributed by atoms with Crippen LogP contribution in [0.2, 0.25) is 5.02 Å². The molecule has 1 aromatic heterocycles. The highest BCUT2D eigenvalue weighted by Crippen LogP contribution is 2.24. The van der Waals surface area contributed by atoms with E-state index in [0.29, 0.717) is 17.1 Å². The smallest absolute Gasteiger partial charge is 0.103 e. The SMILES string of the molecule is Cc1nn(C)c(C)c1CNc1cccc(Cl)c1C#N. The summed E-state index contributed by atoms with van der Waals surface area (Å²) in [7, 11) is 1.92. The summed E-state index contributed by atoms with van der Waals surface area (Å²) in [4.78, 5) is 0. The molecule has 0 saturated carbocycles. The van der Waals surface area contributed by atoms with Gasteiger partial charge in [-0.15, -0.1) is 0 Å². The second-order valence-corrected chi connectivity index (χ2v) is 4.81. The molecule has 1 N–H and O–H groups in total. The molecular formula is C14H15ClN4. The predicted octanol–water partition coefficient (Wildman–Crippen LogP) is 3.17. The van der Waals surface area contributed by atoms with Gasteiger partial charge in [-0.1, -0.05) is 17.7 Å². The molecule has 4 nitrogen and oxygen atoms in total. The van der Waals surface area contributed by atoms with E-state index in [9.17, 15) is 0 Å². The Morgan fingerprint density at radius 2 is 2.16 bits per heavy atom. The molecule has 2 aromatic rings. The van der Waals surface area contributed by atoms with Crippen molar-refractivity contribution in [3.05, 3.63) is 45.7 Å². The highest BCUT2D eigenvalue weighted by atomic mass is 35.5. The van der Waals surface area contributed by atoms with Gasteiger partial charge in [0.25, 0.3) is 0 Å². The minimum atomic E-state index is 0.465. The highest BCUT2D eigenvalue weighted by Gasteiger charge is 2.11. The summed E-state index contributed by atoms with van der Waals surface area (Å²) in [6.45, 7) is 4.63. The summed E-state index contributed by atoms with van der Waals surface area (Å²) in [5, 5.41) is 17.2. The van der Waals surface area contributed by atoms with Crippen molar-refractivity contribution in [3.63, 3.8) is 0 Å². The molecule has 0 aliphatic heterocycles. The van der Waals surface area contributed by atoms with Crippen molar-refractivity contribution in [2.75, 3.05) is 5.32 Å². The maximum Gasteiger partial charge on any atom is 0.103 e. The Bertz CT molecular complexity index is 652. The number of rotatable bonds is 3. The molecule has 1 aromatic carbocycles. The maximum absolute atomic E-state index is 9.12. The molecule has 0 radical (unpaired) electrons. The number of hydrogen-bond donors (Lipinski definition) is 1. The fourth-order valence-corrected chi connectivity index (χ4v) is 2.26. The summed E-state index contributed by atoms with van der Waals surface area (Å²) in [5.74, 6) is 0. The molecule has 5 heteroatoms. The van der Waals surface area contributed by atoms with Crippen LogP contribution in [0, 0.1) is 25.2 Å². The Kier molecular flexibility index (Phi) is 3.77. The first kappa shape index (κ1) is 13.4. The fourth-order valence-electron chi connectivity index (χ4n) is 2.04. The van der Waals surface area contributed by atoms with Crippen LogP contribution >= 0.6 is 11.6 Å². The van der Waals surface area contributed by atoms with Crippen LogP contribution in [0.1, 0.15) is 22.5 Å². The van der Waals surface area contributed by atoms with Gasteiger partial charge in [0.05, 0.1) is 22.0 Å². The number of benzene rings is 1. The van der Waals surface area contributed by atoms with Gasteiger partial charge >= 0.3 is 0 Å². The Labute approximate surface area is 117 Å². The molecule has 0 amide bonds. The number of hydrogen-bond acceptors (Lipinski definition) is 3. The van der Waals surface area contributed by atoms with Crippen LogP contribution in [0.5, 0.6) is 0 Å². The van der Waals surface area contributed by atoms with E-state index in [1.54, 1.807) is 6.07 Å². The average Bonchev–Trinajstić information content (AvgIpc) is 2.61. The third-order valence-electron chi connectivity index (χ3n) is 3.24. The Balaban J connectivity index is 2.25. The van der Waals surface area contributed by atoms with Gasteiger partial charge in [0, 0.05) is 24.8 Å². The first-order chi connectivity index (χ1) is 9.04. The van der Waals surface area contributed by atoms with Crippen LogP contribution in [0.15, 0.2) is 18.2 Å². The average molecular weight is 275 g/mol. The second-order valence-electron chi connectivity index (χ2n) is 4.40. The van der Waals surface area contributed by atoms with Gasteiger partial charge in [0.2, 0.25) is 0 Å².